The number of anilines is 2. The van der Waals surface area contributed by atoms with Gasteiger partial charge in [-0.05, 0) is 12.8 Å². The van der Waals surface area contributed by atoms with E-state index in [1.165, 1.54) is 6.92 Å². The fraction of sp³-hybridized carbons (Fsp3) is 0.615. The minimum Gasteiger partial charge on any atom is -0.380 e. The Morgan fingerprint density at radius 3 is 2.52 bits per heavy atom. The van der Waals surface area contributed by atoms with E-state index in [0.717, 1.165) is 0 Å². The molecule has 1 unspecified atom stereocenters. The normalized spacial score (nSPS) is 22.0. The van der Waals surface area contributed by atoms with Gasteiger partial charge in [-0.2, -0.15) is 28.1 Å². The second-order valence-electron chi connectivity index (χ2n) is 5.48. The Kier molecular flexibility index (Phi) is 5.11. The summed E-state index contributed by atoms with van der Waals surface area (Å²) in [4.78, 5) is 10.7. The van der Waals surface area contributed by atoms with Crippen molar-refractivity contribution in [3.63, 3.8) is 0 Å². The Morgan fingerprint density at radius 2 is 1.96 bits per heavy atom. The standard InChI is InChI=1S/C13H15F6N5O/c1-2-6(13(17,18)19)21-11-23-9(22-10(20)24-11)5-3-4-12(15,16)8(25)7(5)14/h6,8,25H,2-4H2,1H3,(H3,20,21,22,23,24)/t6-,8?/m1/s1. The van der Waals surface area contributed by atoms with Crippen LogP contribution in [-0.4, -0.2) is 44.3 Å². The Morgan fingerprint density at radius 1 is 1.32 bits per heavy atom. The van der Waals surface area contributed by atoms with E-state index in [-0.39, 0.29) is 6.42 Å². The Bertz CT molecular complexity index is 677. The number of alkyl halides is 5. The number of halogens is 6. The fourth-order valence-corrected chi connectivity index (χ4v) is 2.28. The van der Waals surface area contributed by atoms with E-state index in [1.807, 2.05) is 5.32 Å². The van der Waals surface area contributed by atoms with Gasteiger partial charge < -0.3 is 16.2 Å². The van der Waals surface area contributed by atoms with Gasteiger partial charge in [-0.3, -0.25) is 0 Å². The van der Waals surface area contributed by atoms with Crippen molar-refractivity contribution in [2.45, 2.75) is 50.4 Å². The monoisotopic (exact) mass is 371 g/mol. The predicted octanol–water partition coefficient (Wildman–Crippen LogP) is 2.68. The lowest BCUT2D eigenvalue weighted by Crippen LogP contribution is -2.38. The summed E-state index contributed by atoms with van der Waals surface area (Å²) in [6.45, 7) is 1.28. The number of nitrogens with one attached hydrogen (secondary N) is 1. The number of nitrogens with zero attached hydrogens (tertiary/aromatic N) is 3. The lowest BCUT2D eigenvalue weighted by Gasteiger charge is -2.27. The molecule has 0 saturated heterocycles. The molecule has 1 aliphatic carbocycles. The van der Waals surface area contributed by atoms with Crippen LogP contribution in [0.2, 0.25) is 0 Å². The molecular formula is C13H15F6N5O. The van der Waals surface area contributed by atoms with Gasteiger partial charge in [0.2, 0.25) is 11.9 Å². The molecule has 0 bridgehead atoms. The second-order valence-corrected chi connectivity index (χ2v) is 5.48. The predicted molar refractivity (Wildman–Crippen MR) is 76.2 cm³/mol. The van der Waals surface area contributed by atoms with Crippen molar-refractivity contribution in [1.29, 1.82) is 0 Å². The van der Waals surface area contributed by atoms with Crippen LogP contribution in [0.3, 0.4) is 0 Å². The molecule has 1 aliphatic rings. The van der Waals surface area contributed by atoms with Crippen LogP contribution < -0.4 is 11.1 Å². The number of aromatic nitrogens is 3. The number of allylic oxidation sites excluding steroid dienone is 1. The third-order valence-corrected chi connectivity index (χ3v) is 3.67. The molecule has 0 aromatic carbocycles. The highest BCUT2D eigenvalue weighted by molar-refractivity contribution is 5.65. The van der Waals surface area contributed by atoms with E-state index in [4.69, 9.17) is 5.73 Å². The van der Waals surface area contributed by atoms with E-state index in [9.17, 15) is 31.4 Å². The zero-order valence-corrected chi connectivity index (χ0v) is 12.9. The molecule has 2 rings (SSSR count). The minimum absolute atomic E-state index is 0.341. The van der Waals surface area contributed by atoms with Crippen LogP contribution in [0.4, 0.5) is 38.2 Å². The Hall–Kier alpha value is -2.11. The number of aliphatic hydroxyl groups excluding tert-OH is 1. The highest BCUT2D eigenvalue weighted by Gasteiger charge is 2.46. The first-order chi connectivity index (χ1) is 11.5. The minimum atomic E-state index is -4.59. The van der Waals surface area contributed by atoms with Crippen LogP contribution in [0.5, 0.6) is 0 Å². The number of hydrogen-bond acceptors (Lipinski definition) is 6. The number of aliphatic hydroxyl groups is 1. The molecule has 0 spiro atoms. The quantitative estimate of drug-likeness (QED) is 0.704. The van der Waals surface area contributed by atoms with Crippen LogP contribution in [0.25, 0.3) is 5.57 Å². The molecule has 6 nitrogen and oxygen atoms in total. The van der Waals surface area contributed by atoms with Crippen LogP contribution in [0, 0.1) is 0 Å². The second kappa shape index (κ2) is 6.65. The average molecular weight is 371 g/mol. The fourth-order valence-electron chi connectivity index (χ4n) is 2.28. The van der Waals surface area contributed by atoms with Gasteiger partial charge in [-0.1, -0.05) is 6.92 Å². The third kappa shape index (κ3) is 4.11. The number of nitrogen functional groups attached to an aromatic ring is 1. The van der Waals surface area contributed by atoms with Gasteiger partial charge >= 0.3 is 6.18 Å². The van der Waals surface area contributed by atoms with Crippen molar-refractivity contribution in [2.75, 3.05) is 11.1 Å². The Balaban J connectivity index is 2.38. The van der Waals surface area contributed by atoms with Crippen molar-refractivity contribution >= 4 is 17.5 Å². The smallest absolute Gasteiger partial charge is 0.380 e. The maximum absolute atomic E-state index is 14.0. The first-order valence-corrected chi connectivity index (χ1v) is 7.25. The lowest BCUT2D eigenvalue weighted by atomic mass is 9.92. The highest BCUT2D eigenvalue weighted by Crippen LogP contribution is 2.41. The molecule has 1 aromatic heterocycles. The first-order valence-electron chi connectivity index (χ1n) is 7.25. The van der Waals surface area contributed by atoms with Gasteiger partial charge in [0.15, 0.2) is 11.9 Å². The summed E-state index contributed by atoms with van der Waals surface area (Å²) in [5.41, 5.74) is 4.94. The summed E-state index contributed by atoms with van der Waals surface area (Å²) >= 11 is 0. The zero-order valence-electron chi connectivity index (χ0n) is 12.9. The molecule has 4 N–H and O–H groups in total. The van der Waals surface area contributed by atoms with Crippen molar-refractivity contribution in [2.24, 2.45) is 0 Å². The van der Waals surface area contributed by atoms with Gasteiger partial charge in [0.05, 0.1) is 0 Å². The van der Waals surface area contributed by atoms with Crippen molar-refractivity contribution in [3.8, 4) is 0 Å². The number of nitrogens with two attached hydrogens (primary N) is 1. The summed E-state index contributed by atoms with van der Waals surface area (Å²) < 4.78 is 79.1. The highest BCUT2D eigenvalue weighted by atomic mass is 19.4. The lowest BCUT2D eigenvalue weighted by molar-refractivity contribution is -0.143. The van der Waals surface area contributed by atoms with E-state index in [0.29, 0.717) is 0 Å². The maximum Gasteiger partial charge on any atom is 0.408 e. The molecule has 2 atom stereocenters. The van der Waals surface area contributed by atoms with Crippen molar-refractivity contribution < 1.29 is 31.4 Å². The van der Waals surface area contributed by atoms with Gasteiger partial charge in [-0.25, -0.2) is 13.2 Å². The van der Waals surface area contributed by atoms with Gasteiger partial charge in [0, 0.05) is 12.0 Å². The van der Waals surface area contributed by atoms with Gasteiger partial charge in [0.25, 0.3) is 5.92 Å². The van der Waals surface area contributed by atoms with Gasteiger partial charge in [-0.15, -0.1) is 0 Å². The molecule has 0 aliphatic heterocycles. The van der Waals surface area contributed by atoms with Crippen LogP contribution in [0.1, 0.15) is 32.0 Å². The summed E-state index contributed by atoms with van der Waals surface area (Å²) in [6, 6.07) is -1.98. The van der Waals surface area contributed by atoms with E-state index >= 15 is 0 Å². The third-order valence-electron chi connectivity index (χ3n) is 3.67. The molecule has 0 radical (unpaired) electrons. The molecule has 25 heavy (non-hydrogen) atoms. The summed E-state index contributed by atoms with van der Waals surface area (Å²) in [5, 5.41) is 11.3. The Labute approximate surface area is 138 Å². The average Bonchev–Trinajstić information content (AvgIpc) is 2.48. The van der Waals surface area contributed by atoms with Crippen LogP contribution >= 0.6 is 0 Å². The summed E-state index contributed by atoms with van der Waals surface area (Å²) in [5.74, 6) is -6.79. The molecule has 0 saturated carbocycles. The van der Waals surface area contributed by atoms with E-state index < -0.39 is 66.2 Å². The molecular weight excluding hydrogens is 356 g/mol. The van der Waals surface area contributed by atoms with Crippen molar-refractivity contribution in [1.82, 2.24) is 15.0 Å². The largest absolute Gasteiger partial charge is 0.408 e. The van der Waals surface area contributed by atoms with Crippen molar-refractivity contribution in [3.05, 3.63) is 11.7 Å². The molecule has 0 amide bonds. The van der Waals surface area contributed by atoms with Crippen LogP contribution in [0.15, 0.2) is 5.83 Å². The van der Waals surface area contributed by atoms with Gasteiger partial charge in [0.1, 0.15) is 11.9 Å². The SMILES string of the molecule is CC[C@@H](Nc1nc(N)nc(C2=C(F)C(O)C(F)(F)CC2)n1)C(F)(F)F. The molecule has 1 aromatic rings. The number of rotatable bonds is 4. The summed E-state index contributed by atoms with van der Waals surface area (Å²) in [6.07, 6.45) is -9.00. The van der Waals surface area contributed by atoms with E-state index in [2.05, 4.69) is 15.0 Å². The first kappa shape index (κ1) is 19.2. The summed E-state index contributed by atoms with van der Waals surface area (Å²) in [7, 11) is 0. The maximum atomic E-state index is 14.0. The molecule has 1 heterocycles. The van der Waals surface area contributed by atoms with Crippen LogP contribution in [-0.2, 0) is 0 Å². The molecule has 12 heteroatoms. The molecule has 140 valence electrons. The topological polar surface area (TPSA) is 97.0 Å². The molecule has 0 fully saturated rings. The van der Waals surface area contributed by atoms with E-state index in [1.54, 1.807) is 0 Å². The number of hydrogen-bond donors (Lipinski definition) is 3. The zero-order chi connectivity index (χ0) is 19.0.